The molecule has 0 aliphatic heterocycles. The third-order valence-corrected chi connectivity index (χ3v) is 3.50. The van der Waals surface area contributed by atoms with Crippen molar-refractivity contribution in [1.29, 1.82) is 0 Å². The number of aryl methyl sites for hydroxylation is 1. The Balaban J connectivity index is 3.08. The standard InChI is InChI=1S/C6H8ClNO2S2/c7-2-1-5-3-11-4-6(5)12(8,9)10/h3-4H,1-2H2,(H2,8,9,10). The first kappa shape index (κ1) is 9.98. The molecular formula is C6H8ClNO2S2. The third kappa shape index (κ3) is 2.20. The van der Waals surface area contributed by atoms with E-state index in [-0.39, 0.29) is 4.90 Å². The van der Waals surface area contributed by atoms with Crippen molar-refractivity contribution in [3.05, 3.63) is 16.3 Å². The molecular weight excluding hydrogens is 218 g/mol. The fourth-order valence-corrected chi connectivity index (χ4v) is 3.11. The molecule has 1 rings (SSSR count). The summed E-state index contributed by atoms with van der Waals surface area (Å²) in [5.41, 5.74) is 0.706. The Bertz CT molecular complexity index is 357. The molecule has 0 saturated carbocycles. The Labute approximate surface area is 80.2 Å². The van der Waals surface area contributed by atoms with Gasteiger partial charge in [0.05, 0.1) is 4.90 Å². The molecule has 68 valence electrons. The monoisotopic (exact) mass is 225 g/mol. The van der Waals surface area contributed by atoms with E-state index in [1.807, 2.05) is 0 Å². The smallest absolute Gasteiger partial charge is 0.225 e. The van der Waals surface area contributed by atoms with E-state index in [1.54, 1.807) is 5.38 Å². The molecule has 3 nitrogen and oxygen atoms in total. The molecule has 0 spiro atoms. The van der Waals surface area contributed by atoms with Crippen LogP contribution in [-0.2, 0) is 16.4 Å². The maximum absolute atomic E-state index is 10.9. The van der Waals surface area contributed by atoms with Gasteiger partial charge in [-0.3, -0.25) is 0 Å². The van der Waals surface area contributed by atoms with Gasteiger partial charge < -0.3 is 0 Å². The van der Waals surface area contributed by atoms with Crippen LogP contribution in [0.25, 0.3) is 0 Å². The lowest BCUT2D eigenvalue weighted by Gasteiger charge is -1.97. The number of hydrogen-bond donors (Lipinski definition) is 1. The fourth-order valence-electron chi connectivity index (χ4n) is 0.845. The lowest BCUT2D eigenvalue weighted by molar-refractivity contribution is 0.597. The van der Waals surface area contributed by atoms with Crippen LogP contribution >= 0.6 is 22.9 Å². The van der Waals surface area contributed by atoms with Gasteiger partial charge in [0.1, 0.15) is 0 Å². The summed E-state index contributed by atoms with van der Waals surface area (Å²) in [4.78, 5) is 0.202. The number of alkyl halides is 1. The van der Waals surface area contributed by atoms with Gasteiger partial charge in [0.15, 0.2) is 0 Å². The summed E-state index contributed by atoms with van der Waals surface area (Å²) >= 11 is 6.80. The van der Waals surface area contributed by atoms with E-state index < -0.39 is 10.0 Å². The van der Waals surface area contributed by atoms with Crippen molar-refractivity contribution in [1.82, 2.24) is 0 Å². The van der Waals surface area contributed by atoms with E-state index >= 15 is 0 Å². The summed E-state index contributed by atoms with van der Waals surface area (Å²) in [7, 11) is -3.56. The van der Waals surface area contributed by atoms with Crippen LogP contribution in [0.4, 0.5) is 0 Å². The minimum absolute atomic E-state index is 0.202. The Morgan fingerprint density at radius 2 is 2.17 bits per heavy atom. The zero-order chi connectivity index (χ0) is 9.19. The average Bonchev–Trinajstić information content (AvgIpc) is 2.34. The highest BCUT2D eigenvalue weighted by Gasteiger charge is 2.13. The minimum atomic E-state index is -3.56. The molecule has 0 atom stereocenters. The molecule has 12 heavy (non-hydrogen) atoms. The summed E-state index contributed by atoms with van der Waals surface area (Å²) in [5, 5.41) is 8.25. The topological polar surface area (TPSA) is 60.2 Å². The zero-order valence-corrected chi connectivity index (χ0v) is 8.55. The van der Waals surface area contributed by atoms with Gasteiger partial charge in [0, 0.05) is 11.3 Å². The van der Waals surface area contributed by atoms with Crippen molar-refractivity contribution in [3.8, 4) is 0 Å². The summed E-state index contributed by atoms with van der Waals surface area (Å²) in [6, 6.07) is 0. The van der Waals surface area contributed by atoms with E-state index in [0.717, 1.165) is 0 Å². The molecule has 6 heteroatoms. The van der Waals surface area contributed by atoms with Crippen molar-refractivity contribution >= 4 is 33.0 Å². The Hall–Kier alpha value is -0.100. The van der Waals surface area contributed by atoms with Crippen LogP contribution in [0.3, 0.4) is 0 Å². The molecule has 2 N–H and O–H groups in total. The molecule has 1 aromatic heterocycles. The van der Waals surface area contributed by atoms with Crippen LogP contribution < -0.4 is 5.14 Å². The molecule has 0 unspecified atom stereocenters. The number of halogens is 1. The number of rotatable bonds is 3. The maximum atomic E-state index is 10.9. The molecule has 0 radical (unpaired) electrons. The molecule has 0 amide bonds. The molecule has 1 aromatic rings. The predicted octanol–water partition coefficient (Wildman–Crippen LogP) is 1.18. The Morgan fingerprint density at radius 3 is 2.67 bits per heavy atom. The molecule has 0 aliphatic carbocycles. The highest BCUT2D eigenvalue weighted by molar-refractivity contribution is 7.89. The third-order valence-electron chi connectivity index (χ3n) is 1.37. The molecule has 0 aromatic carbocycles. The van der Waals surface area contributed by atoms with Gasteiger partial charge in [0.2, 0.25) is 10.0 Å². The van der Waals surface area contributed by atoms with Crippen LogP contribution in [0.1, 0.15) is 5.56 Å². The highest BCUT2D eigenvalue weighted by atomic mass is 35.5. The van der Waals surface area contributed by atoms with E-state index in [1.165, 1.54) is 16.7 Å². The van der Waals surface area contributed by atoms with Gasteiger partial charge >= 0.3 is 0 Å². The molecule has 1 heterocycles. The number of primary sulfonamides is 1. The van der Waals surface area contributed by atoms with Crippen molar-refractivity contribution in [2.45, 2.75) is 11.3 Å². The minimum Gasteiger partial charge on any atom is -0.225 e. The second kappa shape index (κ2) is 3.74. The average molecular weight is 226 g/mol. The largest absolute Gasteiger partial charge is 0.239 e. The first-order chi connectivity index (χ1) is 5.55. The summed E-state index contributed by atoms with van der Waals surface area (Å²) < 4.78 is 21.9. The van der Waals surface area contributed by atoms with Crippen LogP contribution in [0.2, 0.25) is 0 Å². The normalized spacial score (nSPS) is 11.8. The van der Waals surface area contributed by atoms with Crippen molar-refractivity contribution in [3.63, 3.8) is 0 Å². The highest BCUT2D eigenvalue weighted by Crippen LogP contribution is 2.19. The lowest BCUT2D eigenvalue weighted by atomic mass is 10.3. The second-order valence-electron chi connectivity index (χ2n) is 2.25. The zero-order valence-electron chi connectivity index (χ0n) is 6.16. The lowest BCUT2D eigenvalue weighted by Crippen LogP contribution is -2.13. The number of nitrogens with two attached hydrogens (primary N) is 1. The van der Waals surface area contributed by atoms with Gasteiger partial charge in [-0.2, -0.15) is 11.3 Å². The van der Waals surface area contributed by atoms with Gasteiger partial charge in [-0.05, 0) is 17.4 Å². The van der Waals surface area contributed by atoms with Gasteiger partial charge in [-0.25, -0.2) is 13.6 Å². The van der Waals surface area contributed by atoms with Crippen molar-refractivity contribution in [2.24, 2.45) is 5.14 Å². The SMILES string of the molecule is NS(=O)(=O)c1cscc1CCCl. The summed E-state index contributed by atoms with van der Waals surface area (Å²) in [6.45, 7) is 0. The first-order valence-corrected chi connectivity index (χ1v) is 6.22. The van der Waals surface area contributed by atoms with Gasteiger partial charge in [-0.1, -0.05) is 0 Å². The second-order valence-corrected chi connectivity index (χ2v) is 4.90. The predicted molar refractivity (Wildman–Crippen MR) is 50.1 cm³/mol. The quantitative estimate of drug-likeness (QED) is 0.786. The fraction of sp³-hybridized carbons (Fsp3) is 0.333. The molecule has 0 fully saturated rings. The van der Waals surface area contributed by atoms with E-state index in [9.17, 15) is 8.42 Å². The van der Waals surface area contributed by atoms with Gasteiger partial charge in [-0.15, -0.1) is 11.6 Å². The number of thiophene rings is 1. The maximum Gasteiger partial charge on any atom is 0.239 e. The van der Waals surface area contributed by atoms with E-state index in [2.05, 4.69) is 0 Å². The first-order valence-electron chi connectivity index (χ1n) is 3.19. The van der Waals surface area contributed by atoms with Gasteiger partial charge in [0.25, 0.3) is 0 Å². The van der Waals surface area contributed by atoms with Crippen molar-refractivity contribution in [2.75, 3.05) is 5.88 Å². The van der Waals surface area contributed by atoms with Crippen LogP contribution in [-0.4, -0.2) is 14.3 Å². The molecule has 0 bridgehead atoms. The number of hydrogen-bond acceptors (Lipinski definition) is 3. The summed E-state index contributed by atoms with van der Waals surface area (Å²) in [5.74, 6) is 0.402. The van der Waals surface area contributed by atoms with Crippen LogP contribution in [0.5, 0.6) is 0 Å². The van der Waals surface area contributed by atoms with Crippen LogP contribution in [0, 0.1) is 0 Å². The summed E-state index contributed by atoms with van der Waals surface area (Å²) in [6.07, 6.45) is 0.539. The van der Waals surface area contributed by atoms with E-state index in [4.69, 9.17) is 16.7 Å². The Morgan fingerprint density at radius 1 is 1.50 bits per heavy atom. The van der Waals surface area contributed by atoms with Crippen molar-refractivity contribution < 1.29 is 8.42 Å². The Kier molecular flexibility index (Phi) is 3.11. The van der Waals surface area contributed by atoms with Crippen LogP contribution in [0.15, 0.2) is 15.7 Å². The van der Waals surface area contributed by atoms with E-state index in [0.29, 0.717) is 17.9 Å². The molecule has 0 aliphatic rings. The molecule has 0 saturated heterocycles. The number of sulfonamides is 1.